The van der Waals surface area contributed by atoms with Crippen LogP contribution in [0.3, 0.4) is 0 Å². The second-order valence-corrected chi connectivity index (χ2v) is 7.13. The molecule has 11 heteroatoms. The molecule has 0 saturated carbocycles. The number of benzene rings is 2. The summed E-state index contributed by atoms with van der Waals surface area (Å²) in [5.74, 6) is -0.172. The van der Waals surface area contributed by atoms with Gasteiger partial charge in [0.25, 0.3) is 15.7 Å². The number of hydrogen-bond acceptors (Lipinski definition) is 7. The van der Waals surface area contributed by atoms with E-state index in [1.165, 1.54) is 18.1 Å². The molecule has 2 aromatic rings. The Balaban J connectivity index is 1.99. The summed E-state index contributed by atoms with van der Waals surface area (Å²) in [5, 5.41) is 10.9. The number of carbonyl (C=O) groups is 1. The Morgan fingerprint density at radius 2 is 2.00 bits per heavy atom. The Morgan fingerprint density at radius 1 is 1.26 bits per heavy atom. The Kier molecular flexibility index (Phi) is 4.86. The fourth-order valence-electron chi connectivity index (χ4n) is 2.60. The molecule has 1 fully saturated rings. The number of sulfonamides is 1. The fourth-order valence-corrected chi connectivity index (χ4v) is 3.83. The van der Waals surface area contributed by atoms with Gasteiger partial charge in [-0.1, -0.05) is 12.1 Å². The van der Waals surface area contributed by atoms with Gasteiger partial charge in [-0.3, -0.25) is 19.7 Å². The number of hydrogen-bond donors (Lipinski definition) is 1. The van der Waals surface area contributed by atoms with E-state index in [0.29, 0.717) is 12.2 Å². The number of nitro groups is 1. The van der Waals surface area contributed by atoms with E-state index < -0.39 is 21.0 Å². The number of para-hydroxylation sites is 2. The lowest BCUT2D eigenvalue weighted by atomic mass is 10.2. The first-order chi connectivity index (χ1) is 12.8. The van der Waals surface area contributed by atoms with Gasteiger partial charge in [-0.2, -0.15) is 0 Å². The van der Waals surface area contributed by atoms with Gasteiger partial charge in [0, 0.05) is 6.07 Å². The summed E-state index contributed by atoms with van der Waals surface area (Å²) in [4.78, 5) is 23.1. The van der Waals surface area contributed by atoms with Crippen molar-refractivity contribution in [2.75, 3.05) is 29.9 Å². The Hall–Kier alpha value is -3.34. The highest BCUT2D eigenvalue weighted by Gasteiger charge is 2.28. The minimum atomic E-state index is -4.14. The lowest BCUT2D eigenvalue weighted by Gasteiger charge is -2.18. The molecule has 10 nitrogen and oxygen atoms in total. The Bertz CT molecular complexity index is 1010. The zero-order valence-corrected chi connectivity index (χ0v) is 14.9. The predicted octanol–water partition coefficient (Wildman–Crippen LogP) is 2.36. The molecule has 142 valence electrons. The van der Waals surface area contributed by atoms with E-state index in [4.69, 9.17) is 9.47 Å². The molecule has 0 bridgehead atoms. The summed E-state index contributed by atoms with van der Waals surface area (Å²) in [6, 6.07) is 9.53. The number of nitro benzene ring substituents is 1. The third-order valence-corrected chi connectivity index (χ3v) is 5.25. The van der Waals surface area contributed by atoms with Crippen molar-refractivity contribution in [1.29, 1.82) is 0 Å². The van der Waals surface area contributed by atoms with E-state index in [1.807, 2.05) is 0 Å². The van der Waals surface area contributed by atoms with Gasteiger partial charge in [0.05, 0.1) is 36.0 Å². The maximum absolute atomic E-state index is 12.8. The van der Waals surface area contributed by atoms with Crippen molar-refractivity contribution in [3.63, 3.8) is 0 Å². The maximum Gasteiger partial charge on any atom is 0.414 e. The lowest BCUT2D eigenvalue weighted by molar-refractivity contribution is -0.385. The summed E-state index contributed by atoms with van der Waals surface area (Å²) >= 11 is 0. The molecule has 1 amide bonds. The van der Waals surface area contributed by atoms with Gasteiger partial charge in [-0.25, -0.2) is 13.2 Å². The van der Waals surface area contributed by atoms with E-state index >= 15 is 0 Å². The van der Waals surface area contributed by atoms with Crippen LogP contribution < -0.4 is 14.4 Å². The van der Waals surface area contributed by atoms with E-state index in [-0.39, 0.29) is 28.6 Å². The number of rotatable bonds is 6. The van der Waals surface area contributed by atoms with Crippen LogP contribution in [-0.4, -0.2) is 39.7 Å². The standard InChI is InChI=1S/C16H15N3O7S/c1-25-14-10-11(19(21)22)6-7-15(14)27(23,24)17-12-4-2-3-5-13(12)18-8-9-26-16(18)20/h2-7,10,17H,8-9H2,1H3. The van der Waals surface area contributed by atoms with Crippen LogP contribution in [0.4, 0.5) is 21.9 Å². The average Bonchev–Trinajstić information content (AvgIpc) is 3.07. The van der Waals surface area contributed by atoms with E-state index in [1.54, 1.807) is 18.2 Å². The van der Waals surface area contributed by atoms with E-state index in [2.05, 4.69) is 4.72 Å². The number of non-ortho nitro benzene ring substituents is 1. The van der Waals surface area contributed by atoms with Gasteiger partial charge < -0.3 is 9.47 Å². The number of cyclic esters (lactones) is 1. The van der Waals surface area contributed by atoms with Crippen LogP contribution in [0.25, 0.3) is 0 Å². The van der Waals surface area contributed by atoms with Gasteiger partial charge in [0.1, 0.15) is 17.3 Å². The lowest BCUT2D eigenvalue weighted by Crippen LogP contribution is -2.25. The number of anilines is 2. The molecule has 0 radical (unpaired) electrons. The highest BCUT2D eigenvalue weighted by molar-refractivity contribution is 7.92. The average molecular weight is 393 g/mol. The van der Waals surface area contributed by atoms with Gasteiger partial charge in [-0.05, 0) is 18.2 Å². The molecule has 0 aromatic heterocycles. The highest BCUT2D eigenvalue weighted by Crippen LogP contribution is 2.33. The molecular formula is C16H15N3O7S. The van der Waals surface area contributed by atoms with Crippen molar-refractivity contribution in [2.45, 2.75) is 4.90 Å². The number of carbonyl (C=O) groups excluding carboxylic acids is 1. The number of nitrogens with zero attached hydrogens (tertiary/aromatic N) is 2. The summed E-state index contributed by atoms with van der Waals surface area (Å²) in [5.41, 5.74) is 0.201. The second-order valence-electron chi connectivity index (χ2n) is 5.48. The van der Waals surface area contributed by atoms with Gasteiger partial charge in [-0.15, -0.1) is 0 Å². The van der Waals surface area contributed by atoms with Crippen LogP contribution in [0.5, 0.6) is 5.75 Å². The van der Waals surface area contributed by atoms with Crippen LogP contribution in [0.15, 0.2) is 47.4 Å². The first-order valence-electron chi connectivity index (χ1n) is 7.72. The molecule has 0 aliphatic carbocycles. The maximum atomic E-state index is 12.8. The van der Waals surface area contributed by atoms with Crippen molar-refractivity contribution in [3.05, 3.63) is 52.6 Å². The number of amides is 1. The van der Waals surface area contributed by atoms with Crippen molar-refractivity contribution in [2.24, 2.45) is 0 Å². The van der Waals surface area contributed by atoms with E-state index in [9.17, 15) is 23.3 Å². The fraction of sp³-hybridized carbons (Fsp3) is 0.188. The topological polar surface area (TPSA) is 128 Å². The molecule has 27 heavy (non-hydrogen) atoms. The second kappa shape index (κ2) is 7.11. The molecule has 0 spiro atoms. The highest BCUT2D eigenvalue weighted by atomic mass is 32.2. The normalized spacial score (nSPS) is 14.0. The minimum Gasteiger partial charge on any atom is -0.495 e. The van der Waals surface area contributed by atoms with Crippen LogP contribution >= 0.6 is 0 Å². The molecule has 2 aromatic carbocycles. The molecule has 1 saturated heterocycles. The number of ether oxygens (including phenoxy) is 2. The zero-order chi connectivity index (χ0) is 19.6. The first-order valence-corrected chi connectivity index (χ1v) is 9.20. The summed E-state index contributed by atoms with van der Waals surface area (Å²) < 4.78 is 37.9. The number of methoxy groups -OCH3 is 1. The first kappa shape index (κ1) is 18.5. The Morgan fingerprint density at radius 3 is 2.63 bits per heavy atom. The smallest absolute Gasteiger partial charge is 0.414 e. The third kappa shape index (κ3) is 3.62. The van der Waals surface area contributed by atoms with Crippen molar-refractivity contribution < 1.29 is 27.6 Å². The summed E-state index contributed by atoms with van der Waals surface area (Å²) in [6.45, 7) is 0.495. The van der Waals surface area contributed by atoms with Crippen LogP contribution in [0.2, 0.25) is 0 Å². The van der Waals surface area contributed by atoms with Crippen molar-refractivity contribution >= 4 is 33.2 Å². The number of nitrogens with one attached hydrogen (secondary N) is 1. The summed E-state index contributed by atoms with van der Waals surface area (Å²) in [6.07, 6.45) is -0.574. The van der Waals surface area contributed by atoms with E-state index in [0.717, 1.165) is 18.2 Å². The monoisotopic (exact) mass is 393 g/mol. The molecule has 0 atom stereocenters. The van der Waals surface area contributed by atoms with Gasteiger partial charge in [0.15, 0.2) is 0 Å². The quantitative estimate of drug-likeness (QED) is 0.589. The Labute approximate surface area is 154 Å². The molecule has 3 rings (SSSR count). The largest absolute Gasteiger partial charge is 0.495 e. The third-order valence-electron chi connectivity index (χ3n) is 3.85. The molecular weight excluding hydrogens is 378 g/mol. The molecule has 1 aliphatic heterocycles. The molecule has 1 aliphatic rings. The molecule has 1 heterocycles. The predicted molar refractivity (Wildman–Crippen MR) is 95.6 cm³/mol. The van der Waals surface area contributed by atoms with Crippen LogP contribution in [0.1, 0.15) is 0 Å². The molecule has 0 unspecified atom stereocenters. The van der Waals surface area contributed by atoms with Crippen LogP contribution in [-0.2, 0) is 14.8 Å². The van der Waals surface area contributed by atoms with Crippen molar-refractivity contribution in [3.8, 4) is 5.75 Å². The van der Waals surface area contributed by atoms with Gasteiger partial charge in [0.2, 0.25) is 0 Å². The summed E-state index contributed by atoms with van der Waals surface area (Å²) in [7, 11) is -2.93. The SMILES string of the molecule is COc1cc([N+](=O)[O-])ccc1S(=O)(=O)Nc1ccccc1N1CCOC1=O. The minimum absolute atomic E-state index is 0.164. The van der Waals surface area contributed by atoms with Gasteiger partial charge >= 0.3 is 6.09 Å². The van der Waals surface area contributed by atoms with Crippen LogP contribution in [0, 0.1) is 10.1 Å². The van der Waals surface area contributed by atoms with Crippen molar-refractivity contribution in [1.82, 2.24) is 0 Å². The molecule has 1 N–H and O–H groups in total. The zero-order valence-electron chi connectivity index (χ0n) is 14.1.